The van der Waals surface area contributed by atoms with Crippen LogP contribution >= 0.6 is 0 Å². The minimum atomic E-state index is -1.29. The van der Waals surface area contributed by atoms with Gasteiger partial charge in [0.1, 0.15) is 11.3 Å². The van der Waals surface area contributed by atoms with Crippen LogP contribution in [0.25, 0.3) is 23.0 Å². The first-order valence-electron chi connectivity index (χ1n) is 9.07. The lowest BCUT2D eigenvalue weighted by atomic mass is 10.1. The van der Waals surface area contributed by atoms with Crippen LogP contribution in [0.5, 0.6) is 0 Å². The lowest BCUT2D eigenvalue weighted by Gasteiger charge is -2.29. The van der Waals surface area contributed by atoms with Gasteiger partial charge in [-0.05, 0) is 25.1 Å². The van der Waals surface area contributed by atoms with Gasteiger partial charge in [0, 0.05) is 43.9 Å². The van der Waals surface area contributed by atoms with E-state index in [9.17, 15) is 9.59 Å². The van der Waals surface area contributed by atoms with Crippen molar-refractivity contribution in [3.8, 4) is 16.9 Å². The Morgan fingerprint density at radius 2 is 1.72 bits per heavy atom. The number of para-hydroxylation sites is 1. The van der Waals surface area contributed by atoms with Gasteiger partial charge in [0.05, 0.1) is 11.9 Å². The van der Waals surface area contributed by atoms with E-state index in [2.05, 4.69) is 10.2 Å². The van der Waals surface area contributed by atoms with Gasteiger partial charge in [-0.25, -0.2) is 14.3 Å². The molecule has 1 aromatic carbocycles. The lowest BCUT2D eigenvalue weighted by Crippen LogP contribution is -2.41. The summed E-state index contributed by atoms with van der Waals surface area (Å²) < 4.78 is 13.8. The van der Waals surface area contributed by atoms with Gasteiger partial charge in [-0.2, -0.15) is 10.2 Å². The van der Waals surface area contributed by atoms with E-state index in [-0.39, 0.29) is 5.57 Å². The van der Waals surface area contributed by atoms with E-state index in [0.29, 0.717) is 11.3 Å². The van der Waals surface area contributed by atoms with Crippen LogP contribution in [0.4, 0.5) is 0 Å². The number of aryl methyl sites for hydroxylation is 1. The van der Waals surface area contributed by atoms with Crippen molar-refractivity contribution < 1.29 is 19.1 Å². The molecule has 0 bridgehead atoms. The average molecular weight is 392 g/mol. The highest BCUT2D eigenvalue weighted by atomic mass is 16.7. The highest BCUT2D eigenvalue weighted by Crippen LogP contribution is 2.30. The number of hydrogen-bond acceptors (Lipinski definition) is 6. The largest absolute Gasteiger partial charge is 0.419 e. The standard InChI is InChI=1S/C21H20N4O4/c1-13-17(11-22-24(13)4)18-14(12-25(23-18)15-8-6-5-7-9-15)10-16-19(26)28-21(2,3)29-20(16)27/h5-12H,1-4H3. The van der Waals surface area contributed by atoms with Crippen LogP contribution in [0.1, 0.15) is 25.1 Å². The van der Waals surface area contributed by atoms with Gasteiger partial charge in [-0.1, -0.05) is 18.2 Å². The van der Waals surface area contributed by atoms with Crippen LogP contribution in [0.2, 0.25) is 0 Å². The lowest BCUT2D eigenvalue weighted by molar-refractivity contribution is -0.222. The fourth-order valence-electron chi connectivity index (χ4n) is 3.08. The zero-order valence-corrected chi connectivity index (χ0v) is 16.5. The number of hydrogen-bond donors (Lipinski definition) is 0. The number of rotatable bonds is 3. The summed E-state index contributed by atoms with van der Waals surface area (Å²) in [7, 11) is 1.84. The summed E-state index contributed by atoms with van der Waals surface area (Å²) in [6, 6.07) is 9.55. The van der Waals surface area contributed by atoms with Crippen molar-refractivity contribution in [1.29, 1.82) is 0 Å². The van der Waals surface area contributed by atoms with Crippen molar-refractivity contribution in [2.24, 2.45) is 7.05 Å². The minimum absolute atomic E-state index is 0.181. The van der Waals surface area contributed by atoms with E-state index in [0.717, 1.165) is 16.9 Å². The number of ether oxygens (including phenoxy) is 2. The topological polar surface area (TPSA) is 88.2 Å². The van der Waals surface area contributed by atoms with Gasteiger partial charge in [0.25, 0.3) is 5.79 Å². The normalized spacial score (nSPS) is 15.8. The second-order valence-electron chi connectivity index (χ2n) is 7.22. The molecule has 148 valence electrons. The number of cyclic esters (lactones) is 2. The molecular formula is C21H20N4O4. The van der Waals surface area contributed by atoms with E-state index >= 15 is 0 Å². The van der Waals surface area contributed by atoms with Gasteiger partial charge in [0.15, 0.2) is 0 Å². The number of benzene rings is 1. The summed E-state index contributed by atoms with van der Waals surface area (Å²) in [5, 5.41) is 8.96. The van der Waals surface area contributed by atoms with E-state index in [1.807, 2.05) is 44.3 Å². The van der Waals surface area contributed by atoms with Crippen molar-refractivity contribution in [2.45, 2.75) is 26.6 Å². The van der Waals surface area contributed by atoms with Crippen LogP contribution in [0.3, 0.4) is 0 Å². The monoisotopic (exact) mass is 392 g/mol. The maximum absolute atomic E-state index is 12.4. The fourth-order valence-corrected chi connectivity index (χ4v) is 3.08. The predicted molar refractivity (Wildman–Crippen MR) is 105 cm³/mol. The van der Waals surface area contributed by atoms with Crippen LogP contribution < -0.4 is 0 Å². The summed E-state index contributed by atoms with van der Waals surface area (Å²) >= 11 is 0. The highest BCUT2D eigenvalue weighted by Gasteiger charge is 2.39. The molecule has 0 unspecified atom stereocenters. The fraction of sp³-hybridized carbons (Fsp3) is 0.238. The quantitative estimate of drug-likeness (QED) is 0.387. The molecule has 8 nitrogen and oxygen atoms in total. The number of nitrogens with zero attached hydrogens (tertiary/aromatic N) is 4. The Morgan fingerprint density at radius 3 is 2.31 bits per heavy atom. The molecule has 0 saturated carbocycles. The molecule has 0 amide bonds. The van der Waals surface area contributed by atoms with E-state index in [1.54, 1.807) is 21.8 Å². The first-order valence-corrected chi connectivity index (χ1v) is 9.07. The molecule has 29 heavy (non-hydrogen) atoms. The zero-order chi connectivity index (χ0) is 20.8. The summed E-state index contributed by atoms with van der Waals surface area (Å²) in [5.74, 6) is -2.75. The van der Waals surface area contributed by atoms with Crippen molar-refractivity contribution >= 4 is 18.0 Å². The Balaban J connectivity index is 1.86. The van der Waals surface area contributed by atoms with Gasteiger partial charge in [0.2, 0.25) is 0 Å². The molecule has 0 aliphatic carbocycles. The van der Waals surface area contributed by atoms with Crippen molar-refractivity contribution in [3.63, 3.8) is 0 Å². The summed E-state index contributed by atoms with van der Waals surface area (Å²) in [6.07, 6.45) is 4.91. The zero-order valence-electron chi connectivity index (χ0n) is 16.5. The van der Waals surface area contributed by atoms with Gasteiger partial charge >= 0.3 is 11.9 Å². The molecule has 1 aliphatic rings. The number of esters is 2. The van der Waals surface area contributed by atoms with E-state index in [1.165, 1.54) is 19.9 Å². The van der Waals surface area contributed by atoms with E-state index < -0.39 is 17.7 Å². The number of aromatic nitrogens is 4. The first kappa shape index (κ1) is 18.7. The Labute approximate surface area is 167 Å². The third kappa shape index (κ3) is 3.44. The van der Waals surface area contributed by atoms with Crippen LogP contribution in [0.15, 0.2) is 48.3 Å². The Hall–Kier alpha value is -3.68. The van der Waals surface area contributed by atoms with Crippen LogP contribution in [-0.4, -0.2) is 37.3 Å². The molecule has 3 heterocycles. The third-order valence-electron chi connectivity index (χ3n) is 4.67. The molecule has 3 aromatic rings. The van der Waals surface area contributed by atoms with Crippen molar-refractivity contribution in [2.75, 3.05) is 0 Å². The highest BCUT2D eigenvalue weighted by molar-refractivity contribution is 6.19. The number of carbonyl (C=O) groups excluding carboxylic acids is 2. The molecule has 0 N–H and O–H groups in total. The average Bonchev–Trinajstić information content (AvgIpc) is 3.22. The Kier molecular flexibility index (Phi) is 4.34. The third-order valence-corrected chi connectivity index (χ3v) is 4.67. The first-order chi connectivity index (χ1) is 13.7. The Morgan fingerprint density at radius 1 is 1.07 bits per heavy atom. The van der Waals surface area contributed by atoms with Crippen LogP contribution in [0, 0.1) is 6.92 Å². The summed E-state index contributed by atoms with van der Waals surface area (Å²) in [5.41, 5.74) is 3.53. The van der Waals surface area contributed by atoms with Gasteiger partial charge < -0.3 is 9.47 Å². The summed E-state index contributed by atoms with van der Waals surface area (Å²) in [6.45, 7) is 4.95. The molecule has 8 heteroatoms. The molecular weight excluding hydrogens is 372 g/mol. The molecule has 0 atom stereocenters. The molecule has 1 fully saturated rings. The molecule has 1 aliphatic heterocycles. The smallest absolute Gasteiger partial charge is 0.348 e. The number of carbonyl (C=O) groups is 2. The predicted octanol–water partition coefficient (Wildman–Crippen LogP) is 2.80. The molecule has 4 rings (SSSR count). The molecule has 0 spiro atoms. The summed E-state index contributed by atoms with van der Waals surface area (Å²) in [4.78, 5) is 24.8. The van der Waals surface area contributed by atoms with E-state index in [4.69, 9.17) is 9.47 Å². The Bertz CT molecular complexity index is 1120. The minimum Gasteiger partial charge on any atom is -0.419 e. The van der Waals surface area contributed by atoms with Crippen molar-refractivity contribution in [1.82, 2.24) is 19.6 Å². The molecule has 2 aromatic heterocycles. The SMILES string of the molecule is Cc1c(-c2nn(-c3ccccc3)cc2C=C2C(=O)OC(C)(C)OC2=O)cnn1C. The van der Waals surface area contributed by atoms with Crippen molar-refractivity contribution in [3.05, 3.63) is 59.6 Å². The second-order valence-corrected chi connectivity index (χ2v) is 7.22. The maximum Gasteiger partial charge on any atom is 0.348 e. The molecule has 0 radical (unpaired) electrons. The van der Waals surface area contributed by atoms with Crippen LogP contribution in [-0.2, 0) is 26.1 Å². The maximum atomic E-state index is 12.4. The second kappa shape index (κ2) is 6.73. The van der Waals surface area contributed by atoms with Gasteiger partial charge in [-0.3, -0.25) is 4.68 Å². The van der Waals surface area contributed by atoms with Gasteiger partial charge in [-0.15, -0.1) is 0 Å². The molecule has 1 saturated heterocycles.